The van der Waals surface area contributed by atoms with E-state index in [-0.39, 0.29) is 5.91 Å². The van der Waals surface area contributed by atoms with E-state index < -0.39 is 0 Å². The lowest BCUT2D eigenvalue weighted by atomic mass is 10.0. The predicted molar refractivity (Wildman–Crippen MR) is 99.3 cm³/mol. The van der Waals surface area contributed by atoms with Crippen molar-refractivity contribution in [3.05, 3.63) is 65.2 Å². The Hall–Kier alpha value is -2.13. The number of carbonyl (C=O) groups is 1. The molecule has 1 aliphatic carbocycles. The van der Waals surface area contributed by atoms with E-state index >= 15 is 0 Å². The van der Waals surface area contributed by atoms with E-state index in [1.807, 2.05) is 19.2 Å². The predicted octanol–water partition coefficient (Wildman–Crippen LogP) is 4.37. The van der Waals surface area contributed by atoms with Crippen molar-refractivity contribution in [2.45, 2.75) is 38.6 Å². The number of nitrogens with zero attached hydrogens (tertiary/aromatic N) is 1. The maximum absolute atomic E-state index is 12.4. The Morgan fingerprint density at radius 3 is 2.58 bits per heavy atom. The molecule has 2 aromatic rings. The van der Waals surface area contributed by atoms with Crippen molar-refractivity contribution in [1.29, 1.82) is 0 Å². The standard InChI is InChI=1S/C21H26N2O/c1-15(2)16-8-11-18(12-9-16)22-21(24)14-23(3)20-13-10-17-6-4-5-7-19(17)20/h4-9,11-12,15,20H,10,13-14H2,1-3H3,(H,22,24)/t20-/m1/s1. The SMILES string of the molecule is CC(C)c1ccc(NC(=O)CN(C)[C@@H]2CCc3ccccc32)cc1. The molecule has 0 saturated carbocycles. The van der Waals surface area contributed by atoms with Crippen LogP contribution in [0.4, 0.5) is 5.69 Å². The van der Waals surface area contributed by atoms with Gasteiger partial charge in [0.15, 0.2) is 0 Å². The highest BCUT2D eigenvalue weighted by molar-refractivity contribution is 5.92. The Labute approximate surface area is 144 Å². The lowest BCUT2D eigenvalue weighted by molar-refractivity contribution is -0.117. The summed E-state index contributed by atoms with van der Waals surface area (Å²) in [6.45, 7) is 4.74. The number of anilines is 1. The maximum Gasteiger partial charge on any atom is 0.238 e. The summed E-state index contributed by atoms with van der Waals surface area (Å²) in [5, 5.41) is 3.01. The van der Waals surface area contributed by atoms with E-state index in [1.165, 1.54) is 16.7 Å². The van der Waals surface area contributed by atoms with Gasteiger partial charge in [-0.2, -0.15) is 0 Å². The Bertz CT molecular complexity index is 706. The molecular weight excluding hydrogens is 296 g/mol. The molecule has 0 saturated heterocycles. The molecule has 126 valence electrons. The van der Waals surface area contributed by atoms with Crippen LogP contribution in [0.5, 0.6) is 0 Å². The third-order valence-corrected chi connectivity index (χ3v) is 4.89. The zero-order valence-electron chi connectivity index (χ0n) is 14.8. The molecule has 0 bridgehead atoms. The number of carbonyl (C=O) groups excluding carboxylic acids is 1. The van der Waals surface area contributed by atoms with Gasteiger partial charge in [0.05, 0.1) is 6.54 Å². The lowest BCUT2D eigenvalue weighted by Gasteiger charge is -2.24. The first-order valence-electron chi connectivity index (χ1n) is 8.72. The molecule has 0 aromatic heterocycles. The molecule has 3 heteroatoms. The molecule has 1 N–H and O–H groups in total. The second-order valence-corrected chi connectivity index (χ2v) is 6.99. The molecule has 0 heterocycles. The molecule has 24 heavy (non-hydrogen) atoms. The minimum absolute atomic E-state index is 0.0409. The maximum atomic E-state index is 12.4. The molecule has 0 aliphatic heterocycles. The highest BCUT2D eigenvalue weighted by Gasteiger charge is 2.26. The summed E-state index contributed by atoms with van der Waals surface area (Å²) in [6, 6.07) is 17.0. The van der Waals surface area contributed by atoms with Crippen LogP contribution in [-0.2, 0) is 11.2 Å². The van der Waals surface area contributed by atoms with Gasteiger partial charge < -0.3 is 5.32 Å². The first-order valence-corrected chi connectivity index (χ1v) is 8.72. The summed E-state index contributed by atoms with van der Waals surface area (Å²) in [7, 11) is 2.04. The van der Waals surface area contributed by atoms with Gasteiger partial charge in [-0.3, -0.25) is 9.69 Å². The number of hydrogen-bond acceptors (Lipinski definition) is 2. The molecule has 3 nitrogen and oxygen atoms in total. The number of amides is 1. The molecule has 0 unspecified atom stereocenters. The fourth-order valence-corrected chi connectivity index (χ4v) is 3.48. The van der Waals surface area contributed by atoms with Crippen molar-refractivity contribution in [2.24, 2.45) is 0 Å². The molecule has 0 fully saturated rings. The second kappa shape index (κ2) is 7.18. The van der Waals surface area contributed by atoms with Crippen molar-refractivity contribution in [3.8, 4) is 0 Å². The zero-order chi connectivity index (χ0) is 17.1. The summed E-state index contributed by atoms with van der Waals surface area (Å²) < 4.78 is 0. The van der Waals surface area contributed by atoms with Gasteiger partial charge in [-0.25, -0.2) is 0 Å². The molecule has 1 amide bonds. The van der Waals surface area contributed by atoms with Crippen LogP contribution in [0.3, 0.4) is 0 Å². The van der Waals surface area contributed by atoms with Crippen molar-refractivity contribution in [3.63, 3.8) is 0 Å². The summed E-state index contributed by atoms with van der Waals surface area (Å²) in [5.41, 5.74) is 4.94. The average molecular weight is 322 g/mol. The number of fused-ring (bicyclic) bond motifs is 1. The van der Waals surface area contributed by atoms with E-state index in [0.29, 0.717) is 18.5 Å². The third-order valence-electron chi connectivity index (χ3n) is 4.89. The van der Waals surface area contributed by atoms with Crippen LogP contribution in [0.25, 0.3) is 0 Å². The van der Waals surface area contributed by atoms with E-state index in [4.69, 9.17) is 0 Å². The Morgan fingerprint density at radius 1 is 1.17 bits per heavy atom. The fraction of sp³-hybridized carbons (Fsp3) is 0.381. The number of aryl methyl sites for hydroxylation is 1. The monoisotopic (exact) mass is 322 g/mol. The van der Waals surface area contributed by atoms with Gasteiger partial charge in [0.25, 0.3) is 0 Å². The average Bonchev–Trinajstić information content (AvgIpc) is 2.99. The van der Waals surface area contributed by atoms with E-state index in [9.17, 15) is 4.79 Å². The van der Waals surface area contributed by atoms with Gasteiger partial charge >= 0.3 is 0 Å². The Balaban J connectivity index is 1.59. The van der Waals surface area contributed by atoms with Crippen LogP contribution in [0.15, 0.2) is 48.5 Å². The number of benzene rings is 2. The molecule has 2 aromatic carbocycles. The summed E-state index contributed by atoms with van der Waals surface area (Å²) in [5.74, 6) is 0.544. The smallest absolute Gasteiger partial charge is 0.238 e. The van der Waals surface area contributed by atoms with Crippen LogP contribution in [0, 0.1) is 0 Å². The minimum Gasteiger partial charge on any atom is -0.325 e. The Kier molecular flexibility index (Phi) is 5.00. The molecule has 1 atom stereocenters. The van der Waals surface area contributed by atoms with Gasteiger partial charge in [-0.05, 0) is 54.6 Å². The largest absolute Gasteiger partial charge is 0.325 e. The van der Waals surface area contributed by atoms with E-state index in [0.717, 1.165) is 18.5 Å². The van der Waals surface area contributed by atoms with Crippen LogP contribution in [0.1, 0.15) is 48.9 Å². The van der Waals surface area contributed by atoms with Gasteiger partial charge in [0.2, 0.25) is 5.91 Å². The second-order valence-electron chi connectivity index (χ2n) is 6.99. The van der Waals surface area contributed by atoms with Crippen LogP contribution in [-0.4, -0.2) is 24.4 Å². The van der Waals surface area contributed by atoms with Crippen LogP contribution in [0.2, 0.25) is 0 Å². The van der Waals surface area contributed by atoms with Crippen molar-refractivity contribution >= 4 is 11.6 Å². The molecule has 0 radical (unpaired) electrons. The number of likely N-dealkylation sites (N-methyl/N-ethyl adjacent to an activating group) is 1. The zero-order valence-corrected chi connectivity index (χ0v) is 14.8. The quantitative estimate of drug-likeness (QED) is 0.886. The van der Waals surface area contributed by atoms with Crippen molar-refractivity contribution < 1.29 is 4.79 Å². The fourth-order valence-electron chi connectivity index (χ4n) is 3.48. The minimum atomic E-state index is 0.0409. The molecular formula is C21H26N2O. The number of nitrogens with one attached hydrogen (secondary N) is 1. The molecule has 0 spiro atoms. The van der Waals surface area contributed by atoms with Gasteiger partial charge in [0.1, 0.15) is 0 Å². The highest BCUT2D eigenvalue weighted by Crippen LogP contribution is 2.34. The van der Waals surface area contributed by atoms with Crippen LogP contribution >= 0.6 is 0 Å². The van der Waals surface area contributed by atoms with Crippen molar-refractivity contribution in [1.82, 2.24) is 4.90 Å². The van der Waals surface area contributed by atoms with Gasteiger partial charge in [0, 0.05) is 11.7 Å². The number of hydrogen-bond donors (Lipinski definition) is 1. The summed E-state index contributed by atoms with van der Waals surface area (Å²) >= 11 is 0. The first kappa shape index (κ1) is 16.7. The Morgan fingerprint density at radius 2 is 1.88 bits per heavy atom. The normalized spacial score (nSPS) is 16.5. The van der Waals surface area contributed by atoms with E-state index in [1.54, 1.807) is 0 Å². The molecule has 1 aliphatic rings. The van der Waals surface area contributed by atoms with Crippen molar-refractivity contribution in [2.75, 3.05) is 18.9 Å². The number of rotatable bonds is 5. The summed E-state index contributed by atoms with van der Waals surface area (Å²) in [4.78, 5) is 14.5. The van der Waals surface area contributed by atoms with Crippen LogP contribution < -0.4 is 5.32 Å². The molecule has 3 rings (SSSR count). The first-order chi connectivity index (χ1) is 11.5. The topological polar surface area (TPSA) is 32.3 Å². The lowest BCUT2D eigenvalue weighted by Crippen LogP contribution is -2.32. The van der Waals surface area contributed by atoms with E-state index in [2.05, 4.69) is 60.5 Å². The summed E-state index contributed by atoms with van der Waals surface area (Å²) in [6.07, 6.45) is 2.19. The highest BCUT2D eigenvalue weighted by atomic mass is 16.2. The van der Waals surface area contributed by atoms with Gasteiger partial charge in [-0.1, -0.05) is 50.2 Å². The third kappa shape index (κ3) is 3.68. The van der Waals surface area contributed by atoms with Gasteiger partial charge in [-0.15, -0.1) is 0 Å².